The van der Waals surface area contributed by atoms with E-state index in [2.05, 4.69) is 130 Å². The van der Waals surface area contributed by atoms with E-state index in [1.165, 1.54) is 38.5 Å². The number of rotatable bonds is 48. The smallest absolute Gasteiger partial charge is 0.335 e. The van der Waals surface area contributed by atoms with Crippen molar-refractivity contribution in [3.63, 3.8) is 0 Å². The van der Waals surface area contributed by atoms with E-state index in [9.17, 15) is 34.5 Å². The van der Waals surface area contributed by atoms with Crippen LogP contribution in [0.1, 0.15) is 201 Å². The molecule has 12 heteroatoms. The molecular weight excluding hydrogens is 997 g/mol. The molecule has 1 heterocycles. The molecule has 6 unspecified atom stereocenters. The van der Waals surface area contributed by atoms with Crippen LogP contribution in [0.3, 0.4) is 0 Å². The van der Waals surface area contributed by atoms with E-state index < -0.39 is 67.3 Å². The topological polar surface area (TPSA) is 175 Å². The lowest BCUT2D eigenvalue weighted by Crippen LogP contribution is -2.61. The number of esters is 3. The first-order valence-electron chi connectivity index (χ1n) is 29.8. The van der Waals surface area contributed by atoms with E-state index >= 15 is 0 Å². The van der Waals surface area contributed by atoms with Crippen molar-refractivity contribution in [2.45, 2.75) is 237 Å². The third kappa shape index (κ3) is 43.1. The van der Waals surface area contributed by atoms with Gasteiger partial charge in [-0.05, 0) is 109 Å². The van der Waals surface area contributed by atoms with Crippen LogP contribution in [-0.4, -0.2) is 89.2 Å². The molecule has 0 radical (unpaired) electrons. The quantitative estimate of drug-likeness (QED) is 0.0228. The number of hydrogen-bond acceptors (Lipinski definition) is 11. The van der Waals surface area contributed by atoms with Crippen LogP contribution in [0, 0.1) is 0 Å². The molecule has 0 bridgehead atoms. The predicted octanol–water partition coefficient (Wildman–Crippen LogP) is 15.6. The zero-order chi connectivity index (χ0) is 57.5. The zero-order valence-electron chi connectivity index (χ0n) is 48.5. The van der Waals surface area contributed by atoms with Gasteiger partial charge in [-0.3, -0.25) is 14.4 Å². The van der Waals surface area contributed by atoms with Crippen LogP contribution < -0.4 is 0 Å². The fourth-order valence-electron chi connectivity index (χ4n) is 7.93. The van der Waals surface area contributed by atoms with E-state index in [1.54, 1.807) is 12.2 Å². The van der Waals surface area contributed by atoms with Crippen LogP contribution in [-0.2, 0) is 42.9 Å². The number of unbranched alkanes of at least 4 members (excludes halogenated alkanes) is 11. The second-order valence-corrected chi connectivity index (χ2v) is 19.5. The van der Waals surface area contributed by atoms with Crippen molar-refractivity contribution < 1.29 is 58.2 Å². The maximum absolute atomic E-state index is 13.2. The number of aliphatic carboxylic acids is 1. The number of aliphatic hydroxyl groups excluding tert-OH is 2. The van der Waals surface area contributed by atoms with Gasteiger partial charge in [-0.2, -0.15) is 0 Å². The Labute approximate surface area is 476 Å². The summed E-state index contributed by atoms with van der Waals surface area (Å²) < 4.78 is 28.2. The monoisotopic (exact) mass is 1100 g/mol. The summed E-state index contributed by atoms with van der Waals surface area (Å²) in [7, 11) is 0. The number of hydrogen-bond donors (Lipinski definition) is 3. The van der Waals surface area contributed by atoms with Crippen molar-refractivity contribution >= 4 is 23.9 Å². The molecule has 1 fully saturated rings. The third-order valence-corrected chi connectivity index (χ3v) is 12.4. The number of carboxylic acid groups (broad SMARTS) is 1. The van der Waals surface area contributed by atoms with Gasteiger partial charge in [0.15, 0.2) is 24.6 Å². The van der Waals surface area contributed by atoms with Gasteiger partial charge in [0.1, 0.15) is 18.8 Å². The van der Waals surface area contributed by atoms with Crippen LogP contribution in [0.4, 0.5) is 0 Å². The molecule has 1 aliphatic rings. The molecule has 1 rings (SSSR count). The summed E-state index contributed by atoms with van der Waals surface area (Å²) in [4.78, 5) is 51.1. The molecule has 0 aromatic heterocycles. The molecule has 0 aromatic rings. The summed E-state index contributed by atoms with van der Waals surface area (Å²) in [6, 6.07) is 0. The van der Waals surface area contributed by atoms with E-state index in [1.807, 2.05) is 24.3 Å². The number of ether oxygens (including phenoxy) is 5. The molecular formula is C67H102O12. The van der Waals surface area contributed by atoms with E-state index in [0.29, 0.717) is 25.7 Å². The van der Waals surface area contributed by atoms with Crippen LogP contribution in [0.25, 0.3) is 0 Å². The number of carbonyl (C=O) groups excluding carboxylic acids is 3. The van der Waals surface area contributed by atoms with Gasteiger partial charge in [0, 0.05) is 12.8 Å². The summed E-state index contributed by atoms with van der Waals surface area (Å²) in [5, 5.41) is 31.4. The minimum Gasteiger partial charge on any atom is -0.479 e. The average Bonchev–Trinajstić information content (AvgIpc) is 3.46. The Hall–Kier alpha value is -5.40. The molecule has 0 aromatic carbocycles. The fraction of sp³-hybridized carbons (Fsp3) is 0.582. The molecule has 442 valence electrons. The number of aliphatic hydroxyl groups is 2. The summed E-state index contributed by atoms with van der Waals surface area (Å²) in [5.41, 5.74) is 0. The van der Waals surface area contributed by atoms with Crippen molar-refractivity contribution in [3.05, 3.63) is 146 Å². The highest BCUT2D eigenvalue weighted by atomic mass is 16.7. The largest absolute Gasteiger partial charge is 0.479 e. The molecule has 0 amide bonds. The van der Waals surface area contributed by atoms with E-state index in [-0.39, 0.29) is 25.9 Å². The Morgan fingerprint density at radius 3 is 1.33 bits per heavy atom. The van der Waals surface area contributed by atoms with Gasteiger partial charge in [0.05, 0.1) is 13.0 Å². The molecule has 12 nitrogen and oxygen atoms in total. The summed E-state index contributed by atoms with van der Waals surface area (Å²) in [5.74, 6) is -3.43. The first-order chi connectivity index (χ1) is 38.6. The van der Waals surface area contributed by atoms with Gasteiger partial charge in [-0.1, -0.05) is 218 Å². The van der Waals surface area contributed by atoms with Crippen molar-refractivity contribution in [1.82, 2.24) is 0 Å². The van der Waals surface area contributed by atoms with E-state index in [0.717, 1.165) is 96.3 Å². The Kier molecular flexibility index (Phi) is 48.3. The highest BCUT2D eigenvalue weighted by molar-refractivity contribution is 5.74. The molecule has 1 saturated heterocycles. The summed E-state index contributed by atoms with van der Waals surface area (Å²) in [6.45, 7) is 5.63. The Bertz CT molecular complexity index is 1930. The summed E-state index contributed by atoms with van der Waals surface area (Å²) in [6.07, 6.45) is 64.3. The van der Waals surface area contributed by atoms with Crippen LogP contribution in [0.2, 0.25) is 0 Å². The van der Waals surface area contributed by atoms with Crippen molar-refractivity contribution in [2.75, 3.05) is 13.2 Å². The number of carbonyl (C=O) groups is 4. The highest BCUT2D eigenvalue weighted by Gasteiger charge is 2.50. The standard InChI is InChI=1S/C67H102O12/c1-4-7-10-13-16-19-22-25-28-29-30-31-34-35-38-41-44-47-50-53-59(68)75-56-58(77-60(69)54-51-48-45-42-39-36-32-26-23-20-17-14-11-8-5-2)57-76-67-65(63(72)62(71)64(79-67)66(73)74)78-61(70)55-52-49-46-43-40-37-33-27-24-21-18-15-12-9-6-3/h7,9-10,12,16,18-19,21,25-28,30-33,35,38,40,43-44,47,49,52,58,62-65,67,71-72H,4-6,8,11,13-15,17,20,22-24,29,34,36-37,39,41-42,45-46,48,50-51,53-57H2,1-3H3,(H,73,74)/b10-7-,12-9-,19-16-,21-18-,28-25-,31-30-,32-26-,33-27-,38-35-,43-40-,47-44-,52-49-. The molecule has 6 atom stereocenters. The second kappa shape index (κ2) is 53.3. The van der Waals surface area contributed by atoms with E-state index in [4.69, 9.17) is 23.7 Å². The summed E-state index contributed by atoms with van der Waals surface area (Å²) >= 11 is 0. The third-order valence-electron chi connectivity index (χ3n) is 12.4. The second-order valence-electron chi connectivity index (χ2n) is 19.5. The van der Waals surface area contributed by atoms with Gasteiger partial charge in [-0.25, -0.2) is 4.79 Å². The molecule has 0 saturated carbocycles. The minimum absolute atomic E-state index is 0.0740. The maximum Gasteiger partial charge on any atom is 0.335 e. The highest BCUT2D eigenvalue weighted by Crippen LogP contribution is 2.26. The lowest BCUT2D eigenvalue weighted by atomic mass is 9.98. The minimum atomic E-state index is -1.95. The van der Waals surface area contributed by atoms with Gasteiger partial charge in [-0.15, -0.1) is 0 Å². The molecule has 0 spiro atoms. The SMILES string of the molecule is CC/C=C\C/C=C\C/C=C\C/C=C\C/C=C\C/C=C\CCC(=O)OCC(COC1OC(C(=O)O)C(O)C(O)C1OC(=O)C/C=C\C/C=C\C/C=C\C/C=C\C/C=C\CC)OC(=O)CCCCCCC/C=C\CCCCCCCC. The van der Waals surface area contributed by atoms with Gasteiger partial charge in [0.2, 0.25) is 0 Å². The number of carboxylic acids is 1. The van der Waals surface area contributed by atoms with Crippen molar-refractivity contribution in [1.29, 1.82) is 0 Å². The zero-order valence-corrected chi connectivity index (χ0v) is 48.5. The predicted molar refractivity (Wildman–Crippen MR) is 321 cm³/mol. The lowest BCUT2D eigenvalue weighted by molar-refractivity contribution is -0.301. The van der Waals surface area contributed by atoms with Gasteiger partial charge >= 0.3 is 23.9 Å². The van der Waals surface area contributed by atoms with Crippen LogP contribution >= 0.6 is 0 Å². The molecule has 3 N–H and O–H groups in total. The van der Waals surface area contributed by atoms with Crippen molar-refractivity contribution in [2.24, 2.45) is 0 Å². The molecule has 1 aliphatic heterocycles. The molecule has 79 heavy (non-hydrogen) atoms. The normalized spacial score (nSPS) is 18.9. The Balaban J connectivity index is 2.80. The average molecular weight is 1100 g/mol. The fourth-order valence-corrected chi connectivity index (χ4v) is 7.93. The first-order valence-corrected chi connectivity index (χ1v) is 29.8. The lowest BCUT2D eigenvalue weighted by Gasteiger charge is -2.40. The van der Waals surface area contributed by atoms with Crippen LogP contribution in [0.5, 0.6) is 0 Å². The Morgan fingerprint density at radius 2 is 0.861 bits per heavy atom. The number of allylic oxidation sites excluding steroid dienone is 23. The Morgan fingerprint density at radius 1 is 0.443 bits per heavy atom. The van der Waals surface area contributed by atoms with Crippen molar-refractivity contribution in [3.8, 4) is 0 Å². The van der Waals surface area contributed by atoms with Gasteiger partial charge < -0.3 is 39.0 Å². The maximum atomic E-state index is 13.2. The van der Waals surface area contributed by atoms with Gasteiger partial charge in [0.25, 0.3) is 0 Å². The first kappa shape index (κ1) is 71.6. The van der Waals surface area contributed by atoms with Crippen LogP contribution in [0.15, 0.2) is 146 Å². The molecule has 0 aliphatic carbocycles.